The van der Waals surface area contributed by atoms with Crippen LogP contribution in [0.15, 0.2) is 174 Å². The van der Waals surface area contributed by atoms with E-state index in [4.69, 9.17) is 27.6 Å². The summed E-state index contributed by atoms with van der Waals surface area (Å²) in [7, 11) is 0. The van der Waals surface area contributed by atoms with Gasteiger partial charge in [-0.1, -0.05) is 127 Å². The summed E-state index contributed by atoms with van der Waals surface area (Å²) >= 11 is 0. The molecule has 0 amide bonds. The molecule has 0 radical (unpaired) electrons. The van der Waals surface area contributed by atoms with Gasteiger partial charge in [-0.25, -0.2) is 4.98 Å². The van der Waals surface area contributed by atoms with Gasteiger partial charge in [-0.05, 0) is 64.7 Å². The molecule has 3 heterocycles. The molecule has 0 bridgehead atoms. The standard InChI is InChI=1S/C45H28N4O/c1-2-12-29(13-3-1)30-14-10-15-31(26-30)32-16-11-17-33(27-32)43-46-44(34-24-25-38-37-20-6-9-23-41(37)50-42(38)28-34)48-45(47-43)49-39-21-7-4-18-35(39)36-19-5-8-22-40(36)49/h1-28H/i4D,5D,18D,19D,21D,22D. The Morgan fingerprint density at radius 2 is 0.980 bits per heavy atom. The van der Waals surface area contributed by atoms with E-state index in [0.29, 0.717) is 28.4 Å². The second-order valence-electron chi connectivity index (χ2n) is 12.0. The summed E-state index contributed by atoms with van der Waals surface area (Å²) in [6, 6.07) is 41.5. The number of furan rings is 1. The molecule has 5 nitrogen and oxygen atoms in total. The van der Waals surface area contributed by atoms with E-state index in [1.807, 2.05) is 91.0 Å². The van der Waals surface area contributed by atoms with E-state index in [-0.39, 0.29) is 64.0 Å². The molecule has 0 saturated carbocycles. The highest BCUT2D eigenvalue weighted by atomic mass is 16.3. The van der Waals surface area contributed by atoms with Crippen LogP contribution in [0.4, 0.5) is 0 Å². The Bertz CT molecular complexity index is 3160. The second kappa shape index (κ2) is 11.4. The highest BCUT2D eigenvalue weighted by Crippen LogP contribution is 2.35. The van der Waals surface area contributed by atoms with Gasteiger partial charge in [-0.2, -0.15) is 9.97 Å². The minimum atomic E-state index is -0.214. The van der Waals surface area contributed by atoms with Gasteiger partial charge in [0.25, 0.3) is 0 Å². The van der Waals surface area contributed by atoms with Crippen molar-refractivity contribution in [1.82, 2.24) is 19.5 Å². The van der Waals surface area contributed by atoms with Crippen LogP contribution in [0.1, 0.15) is 8.22 Å². The Morgan fingerprint density at radius 1 is 0.420 bits per heavy atom. The van der Waals surface area contributed by atoms with Crippen LogP contribution in [0.2, 0.25) is 0 Å². The lowest BCUT2D eigenvalue weighted by atomic mass is 9.98. The predicted octanol–water partition coefficient (Wildman–Crippen LogP) is 11.5. The van der Waals surface area contributed by atoms with Gasteiger partial charge in [0, 0.05) is 32.7 Å². The minimum Gasteiger partial charge on any atom is -0.456 e. The van der Waals surface area contributed by atoms with Gasteiger partial charge in [0.15, 0.2) is 11.6 Å². The molecule has 0 spiro atoms. The normalized spacial score (nSPS) is 13.3. The molecule has 0 saturated heterocycles. The Balaban J connectivity index is 1.24. The first-order chi connectivity index (χ1) is 27.2. The van der Waals surface area contributed by atoms with Gasteiger partial charge in [-0.3, -0.25) is 4.57 Å². The van der Waals surface area contributed by atoms with E-state index in [9.17, 15) is 0 Å². The average molecular weight is 647 g/mol. The van der Waals surface area contributed by atoms with Crippen molar-refractivity contribution in [3.05, 3.63) is 170 Å². The van der Waals surface area contributed by atoms with E-state index in [1.54, 1.807) is 0 Å². The smallest absolute Gasteiger partial charge is 0.238 e. The summed E-state index contributed by atoms with van der Waals surface area (Å²) in [5, 5.41) is 2.17. The second-order valence-corrected chi connectivity index (χ2v) is 12.0. The quantitative estimate of drug-likeness (QED) is 0.187. The average Bonchev–Trinajstić information content (AvgIpc) is 3.80. The summed E-state index contributed by atoms with van der Waals surface area (Å²) in [6.07, 6.45) is 0. The maximum absolute atomic E-state index is 9.02. The molecule has 7 aromatic carbocycles. The summed E-state index contributed by atoms with van der Waals surface area (Å²) in [4.78, 5) is 15.0. The lowest BCUT2D eigenvalue weighted by Crippen LogP contribution is -2.06. The summed E-state index contributed by atoms with van der Waals surface area (Å²) in [6.45, 7) is 0. The van der Waals surface area contributed by atoms with Gasteiger partial charge < -0.3 is 4.42 Å². The molecule has 0 aliphatic rings. The lowest BCUT2D eigenvalue weighted by molar-refractivity contribution is 0.669. The zero-order chi connectivity index (χ0) is 38.2. The molecule has 0 N–H and O–H groups in total. The molecule has 0 fully saturated rings. The lowest BCUT2D eigenvalue weighted by Gasteiger charge is -2.12. The molecule has 3 aromatic heterocycles. The van der Waals surface area contributed by atoms with Crippen molar-refractivity contribution in [2.75, 3.05) is 0 Å². The minimum absolute atomic E-state index is 0.0578. The number of aromatic nitrogens is 4. The van der Waals surface area contributed by atoms with Crippen molar-refractivity contribution >= 4 is 43.7 Å². The van der Waals surface area contributed by atoms with Crippen molar-refractivity contribution in [1.29, 1.82) is 0 Å². The first-order valence-corrected chi connectivity index (χ1v) is 16.2. The predicted molar refractivity (Wildman–Crippen MR) is 203 cm³/mol. The van der Waals surface area contributed by atoms with Crippen LogP contribution in [0.3, 0.4) is 0 Å². The van der Waals surface area contributed by atoms with E-state index >= 15 is 0 Å². The maximum atomic E-state index is 9.02. The zero-order valence-corrected chi connectivity index (χ0v) is 26.4. The molecule has 10 aromatic rings. The highest BCUT2D eigenvalue weighted by molar-refractivity contribution is 6.09. The molecule has 0 unspecified atom stereocenters. The fourth-order valence-electron chi connectivity index (χ4n) is 6.65. The van der Waals surface area contributed by atoms with E-state index in [0.717, 1.165) is 38.6 Å². The van der Waals surface area contributed by atoms with E-state index < -0.39 is 0 Å². The molecule has 234 valence electrons. The number of hydrogen-bond acceptors (Lipinski definition) is 4. The third kappa shape index (κ3) is 4.67. The van der Waals surface area contributed by atoms with Crippen LogP contribution in [0, 0.1) is 0 Å². The molecular weight excluding hydrogens is 613 g/mol. The number of hydrogen-bond donors (Lipinski definition) is 0. The maximum Gasteiger partial charge on any atom is 0.238 e. The van der Waals surface area contributed by atoms with E-state index in [1.165, 1.54) is 16.7 Å². The summed E-state index contributed by atoms with van der Waals surface area (Å²) in [5.41, 5.74) is 7.17. The molecular formula is C45H28N4O. The van der Waals surface area contributed by atoms with Crippen LogP contribution < -0.4 is 0 Å². The van der Waals surface area contributed by atoms with Crippen molar-refractivity contribution in [2.24, 2.45) is 0 Å². The van der Waals surface area contributed by atoms with Crippen molar-refractivity contribution in [3.63, 3.8) is 0 Å². The SMILES string of the molecule is [2H]c1cc([2H])c2c(c1[2H])c1c([2H])c([2H])cc([2H])c1n2-c1nc(-c2cccc(-c3cccc(-c4ccccc4)c3)c2)nc(-c2ccc3c(c2)oc2ccccc23)n1. The molecule has 0 aliphatic heterocycles. The van der Waals surface area contributed by atoms with Crippen molar-refractivity contribution in [3.8, 4) is 51.0 Å². The molecule has 5 heteroatoms. The first kappa shape index (κ1) is 22.7. The van der Waals surface area contributed by atoms with Crippen LogP contribution in [-0.4, -0.2) is 19.5 Å². The molecule has 50 heavy (non-hydrogen) atoms. The fourth-order valence-corrected chi connectivity index (χ4v) is 6.65. The largest absolute Gasteiger partial charge is 0.456 e. The van der Waals surface area contributed by atoms with Gasteiger partial charge in [-0.15, -0.1) is 0 Å². The Hall–Kier alpha value is -6.85. The summed E-state index contributed by atoms with van der Waals surface area (Å²) in [5.74, 6) is 0.668. The van der Waals surface area contributed by atoms with Crippen LogP contribution >= 0.6 is 0 Å². The molecule has 10 rings (SSSR count). The van der Waals surface area contributed by atoms with E-state index in [2.05, 4.69) is 30.3 Å². The van der Waals surface area contributed by atoms with Gasteiger partial charge in [0.2, 0.25) is 5.95 Å². The number of benzene rings is 7. The molecule has 0 aliphatic carbocycles. The molecule has 0 atom stereocenters. The fraction of sp³-hybridized carbons (Fsp3) is 0. The zero-order valence-electron chi connectivity index (χ0n) is 32.4. The Morgan fingerprint density at radius 3 is 1.70 bits per heavy atom. The Kier molecular flexibility index (Phi) is 5.17. The number of para-hydroxylation sites is 3. The number of nitrogens with zero attached hydrogens (tertiary/aromatic N) is 4. The van der Waals surface area contributed by atoms with Gasteiger partial charge in [0.05, 0.1) is 19.3 Å². The number of rotatable bonds is 5. The Labute approximate surface area is 296 Å². The van der Waals surface area contributed by atoms with Gasteiger partial charge >= 0.3 is 0 Å². The monoisotopic (exact) mass is 646 g/mol. The third-order valence-electron chi connectivity index (χ3n) is 9.01. The van der Waals surface area contributed by atoms with Gasteiger partial charge in [0.1, 0.15) is 11.2 Å². The van der Waals surface area contributed by atoms with Crippen molar-refractivity contribution in [2.45, 2.75) is 0 Å². The van der Waals surface area contributed by atoms with Crippen LogP contribution in [0.25, 0.3) is 94.7 Å². The summed E-state index contributed by atoms with van der Waals surface area (Å²) < 4.78 is 60.4. The third-order valence-corrected chi connectivity index (χ3v) is 9.01. The van der Waals surface area contributed by atoms with Crippen LogP contribution in [-0.2, 0) is 0 Å². The van der Waals surface area contributed by atoms with Crippen LogP contribution in [0.5, 0.6) is 0 Å². The topological polar surface area (TPSA) is 56.7 Å². The van der Waals surface area contributed by atoms with Crippen molar-refractivity contribution < 1.29 is 12.6 Å². The highest BCUT2D eigenvalue weighted by Gasteiger charge is 2.19. The number of fused-ring (bicyclic) bond motifs is 6. The first-order valence-electron chi connectivity index (χ1n) is 19.2.